The molecular weight excluding hydrogens is 494 g/mol. The Labute approximate surface area is 228 Å². The van der Waals surface area contributed by atoms with Crippen LogP contribution in [0.4, 0.5) is 0 Å². The molecular formula is C33H19N7. The average molecular weight is 514 g/mol. The molecule has 186 valence electrons. The lowest BCUT2D eigenvalue weighted by Gasteiger charge is -2.13. The Balaban J connectivity index is 1.39. The second kappa shape index (κ2) is 8.96. The third-order valence-corrected chi connectivity index (χ3v) is 7.25. The van der Waals surface area contributed by atoms with Gasteiger partial charge in [-0.05, 0) is 81.2 Å². The van der Waals surface area contributed by atoms with Crippen LogP contribution in [0.1, 0.15) is 0 Å². The maximum atomic E-state index is 5.12. The first-order valence-electron chi connectivity index (χ1n) is 12.9. The van der Waals surface area contributed by atoms with E-state index in [1.165, 1.54) is 34.2 Å². The molecule has 7 nitrogen and oxygen atoms in total. The molecule has 7 heteroatoms. The number of nitrogens with zero attached hydrogens (tertiary/aromatic N) is 7. The smallest absolute Gasteiger partial charge is 0.138 e. The minimum atomic E-state index is 0.741. The van der Waals surface area contributed by atoms with Crippen LogP contribution in [0.5, 0.6) is 0 Å². The molecule has 5 aromatic carbocycles. The van der Waals surface area contributed by atoms with E-state index < -0.39 is 0 Å². The summed E-state index contributed by atoms with van der Waals surface area (Å²) in [5, 5.41) is 21.0. The summed E-state index contributed by atoms with van der Waals surface area (Å²) in [5.41, 5.74) is 8.82. The fourth-order valence-corrected chi connectivity index (χ4v) is 5.29. The highest BCUT2D eigenvalue weighted by atomic mass is 15.1. The second-order valence-electron chi connectivity index (χ2n) is 9.68. The van der Waals surface area contributed by atoms with Gasteiger partial charge in [-0.15, -0.1) is 20.4 Å². The van der Waals surface area contributed by atoms with Crippen molar-refractivity contribution in [1.29, 1.82) is 0 Å². The van der Waals surface area contributed by atoms with Crippen LogP contribution < -0.4 is 0 Å². The largest absolute Gasteiger partial charge is 0.248 e. The molecule has 0 N–H and O–H groups in total. The summed E-state index contributed by atoms with van der Waals surface area (Å²) in [7, 11) is 0. The van der Waals surface area contributed by atoms with Gasteiger partial charge in [0.2, 0.25) is 0 Å². The highest BCUT2D eigenvalue weighted by molar-refractivity contribution is 6.05. The molecule has 0 saturated carbocycles. The van der Waals surface area contributed by atoms with Gasteiger partial charge in [0.05, 0.1) is 22.4 Å². The van der Waals surface area contributed by atoms with Crippen LogP contribution in [0, 0.1) is 0 Å². The third kappa shape index (κ3) is 3.80. The molecule has 3 heterocycles. The Kier molecular flexibility index (Phi) is 4.99. The summed E-state index contributed by atoms with van der Waals surface area (Å²) < 4.78 is 0. The van der Waals surface area contributed by atoms with Crippen molar-refractivity contribution in [1.82, 2.24) is 35.3 Å². The van der Waals surface area contributed by atoms with E-state index >= 15 is 0 Å². The summed E-state index contributed by atoms with van der Waals surface area (Å²) in [4.78, 5) is 13.9. The van der Waals surface area contributed by atoms with Gasteiger partial charge in [-0.2, -0.15) is 0 Å². The van der Waals surface area contributed by atoms with Crippen molar-refractivity contribution in [2.45, 2.75) is 0 Å². The summed E-state index contributed by atoms with van der Waals surface area (Å²) in [6, 6.07) is 35.7. The Hall–Kier alpha value is -5.69. The number of hydrogen-bond donors (Lipinski definition) is 0. The topological polar surface area (TPSA) is 90.2 Å². The first-order valence-corrected chi connectivity index (χ1v) is 12.9. The zero-order valence-corrected chi connectivity index (χ0v) is 21.1. The van der Waals surface area contributed by atoms with Gasteiger partial charge in [-0.25, -0.2) is 15.0 Å². The Morgan fingerprint density at radius 3 is 1.68 bits per heavy atom. The highest BCUT2D eigenvalue weighted by Crippen LogP contribution is 2.36. The summed E-state index contributed by atoms with van der Waals surface area (Å²) in [6.07, 6.45) is 2.93. The zero-order chi connectivity index (χ0) is 26.5. The molecule has 8 aromatic rings. The van der Waals surface area contributed by atoms with Gasteiger partial charge in [0, 0.05) is 11.1 Å². The Morgan fingerprint density at radius 2 is 1.02 bits per heavy atom. The number of aromatic nitrogens is 7. The zero-order valence-electron chi connectivity index (χ0n) is 21.1. The Bertz CT molecular complexity index is 2150. The van der Waals surface area contributed by atoms with E-state index in [9.17, 15) is 0 Å². The van der Waals surface area contributed by atoms with E-state index in [2.05, 4.69) is 97.1 Å². The number of pyridine rings is 1. The van der Waals surface area contributed by atoms with Crippen LogP contribution in [0.3, 0.4) is 0 Å². The molecule has 0 saturated heterocycles. The molecule has 0 atom stereocenters. The molecule has 0 unspecified atom stereocenters. The quantitative estimate of drug-likeness (QED) is 0.233. The molecule has 0 aliphatic carbocycles. The number of benzene rings is 5. The van der Waals surface area contributed by atoms with Crippen LogP contribution in [-0.2, 0) is 0 Å². The number of fused-ring (bicyclic) bond motifs is 4. The predicted molar refractivity (Wildman–Crippen MR) is 157 cm³/mol. The first kappa shape index (κ1) is 22.3. The van der Waals surface area contributed by atoms with Crippen molar-refractivity contribution in [2.24, 2.45) is 0 Å². The summed E-state index contributed by atoms with van der Waals surface area (Å²) in [5.74, 6) is 0. The standard InChI is InChI=1S/C33H19N7/c1-2-5-21-13-27-22(12-20(21)4-1)6-3-7-26(27)25-16-30(23-8-10-28-32(14-23)34-18-36-39-28)38-31(17-25)24-9-11-29-33(15-24)35-19-37-40-29/h1-19H. The maximum Gasteiger partial charge on any atom is 0.138 e. The van der Waals surface area contributed by atoms with Crippen molar-refractivity contribution < 1.29 is 0 Å². The fraction of sp³-hybridized carbons (Fsp3) is 0. The van der Waals surface area contributed by atoms with Gasteiger partial charge in [0.15, 0.2) is 0 Å². The van der Waals surface area contributed by atoms with Gasteiger partial charge in [-0.1, -0.05) is 54.6 Å². The van der Waals surface area contributed by atoms with Crippen molar-refractivity contribution in [2.75, 3.05) is 0 Å². The van der Waals surface area contributed by atoms with E-state index in [0.717, 1.165) is 55.7 Å². The maximum absolute atomic E-state index is 5.12. The van der Waals surface area contributed by atoms with Gasteiger partial charge in [-0.3, -0.25) is 0 Å². The third-order valence-electron chi connectivity index (χ3n) is 7.25. The molecule has 0 radical (unpaired) electrons. The number of hydrogen-bond acceptors (Lipinski definition) is 7. The molecule has 0 bridgehead atoms. The minimum absolute atomic E-state index is 0.741. The first-order chi connectivity index (χ1) is 19.8. The lowest BCUT2D eigenvalue weighted by molar-refractivity contribution is 1.02. The highest BCUT2D eigenvalue weighted by Gasteiger charge is 2.13. The van der Waals surface area contributed by atoms with E-state index in [1.54, 1.807) is 0 Å². The predicted octanol–water partition coefficient (Wildman–Crippen LogP) is 7.07. The van der Waals surface area contributed by atoms with Gasteiger partial charge < -0.3 is 0 Å². The molecule has 8 rings (SSSR count). The molecule has 0 spiro atoms. The Morgan fingerprint density at radius 1 is 0.425 bits per heavy atom. The fourth-order valence-electron chi connectivity index (χ4n) is 5.29. The summed E-state index contributed by atoms with van der Waals surface area (Å²) >= 11 is 0. The number of rotatable bonds is 3. The normalized spacial score (nSPS) is 11.5. The SMILES string of the molecule is c1ccc2cc3c(-c4cc(-c5ccc6nncnc6c5)nc(-c5ccc6nncnc6c5)c4)cccc3cc2c1. The molecule has 40 heavy (non-hydrogen) atoms. The van der Waals surface area contributed by atoms with Crippen molar-refractivity contribution >= 4 is 43.6 Å². The van der Waals surface area contributed by atoms with Crippen LogP contribution in [0.15, 0.2) is 116 Å². The molecule has 0 fully saturated rings. The van der Waals surface area contributed by atoms with E-state index in [1.807, 2.05) is 36.4 Å². The molecule has 3 aromatic heterocycles. The van der Waals surface area contributed by atoms with Crippen LogP contribution in [0.25, 0.3) is 77.3 Å². The second-order valence-corrected chi connectivity index (χ2v) is 9.68. The van der Waals surface area contributed by atoms with Gasteiger partial charge in [0.25, 0.3) is 0 Å². The lowest BCUT2D eigenvalue weighted by Crippen LogP contribution is -1.94. The van der Waals surface area contributed by atoms with E-state index in [-0.39, 0.29) is 0 Å². The molecule has 0 aliphatic heterocycles. The van der Waals surface area contributed by atoms with Crippen molar-refractivity contribution in [3.8, 4) is 33.6 Å². The molecule has 0 aliphatic rings. The monoisotopic (exact) mass is 513 g/mol. The van der Waals surface area contributed by atoms with Crippen molar-refractivity contribution in [3.63, 3.8) is 0 Å². The van der Waals surface area contributed by atoms with Crippen LogP contribution >= 0.6 is 0 Å². The minimum Gasteiger partial charge on any atom is -0.248 e. The summed E-state index contributed by atoms with van der Waals surface area (Å²) in [6.45, 7) is 0. The lowest BCUT2D eigenvalue weighted by atomic mass is 9.94. The van der Waals surface area contributed by atoms with Crippen molar-refractivity contribution in [3.05, 3.63) is 116 Å². The van der Waals surface area contributed by atoms with Gasteiger partial charge in [0.1, 0.15) is 23.7 Å². The van der Waals surface area contributed by atoms with E-state index in [4.69, 9.17) is 4.98 Å². The van der Waals surface area contributed by atoms with Crippen LogP contribution in [0.2, 0.25) is 0 Å². The van der Waals surface area contributed by atoms with E-state index in [0.29, 0.717) is 0 Å². The molecule has 0 amide bonds. The van der Waals surface area contributed by atoms with Crippen LogP contribution in [-0.4, -0.2) is 35.3 Å². The van der Waals surface area contributed by atoms with Gasteiger partial charge >= 0.3 is 0 Å². The average Bonchev–Trinajstić information content (AvgIpc) is 3.02.